The van der Waals surface area contributed by atoms with Gasteiger partial charge < -0.3 is 10.2 Å². The molecule has 0 saturated heterocycles. The molecule has 4 heteroatoms. The summed E-state index contributed by atoms with van der Waals surface area (Å²) in [6.07, 6.45) is 0. The lowest BCUT2D eigenvalue weighted by Crippen LogP contribution is -2.11. The topological polar surface area (TPSA) is 74.6 Å². The van der Waals surface area contributed by atoms with Gasteiger partial charge in [-0.3, -0.25) is 0 Å². The zero-order chi connectivity index (χ0) is 12.9. The van der Waals surface area contributed by atoms with E-state index in [-0.39, 0.29) is 11.1 Å². The molecule has 0 heterocycles. The molecule has 0 fully saturated rings. The highest BCUT2D eigenvalue weighted by Gasteiger charge is 2.31. The van der Waals surface area contributed by atoms with Crippen LogP contribution in [-0.4, -0.2) is 22.2 Å². The Morgan fingerprint density at radius 1 is 0.722 bits per heavy atom. The van der Waals surface area contributed by atoms with Gasteiger partial charge in [0, 0.05) is 11.1 Å². The summed E-state index contributed by atoms with van der Waals surface area (Å²) in [5.74, 6) is -2.00. The van der Waals surface area contributed by atoms with E-state index in [1.807, 2.05) is 0 Å². The van der Waals surface area contributed by atoms with Gasteiger partial charge in [-0.2, -0.15) is 0 Å². The van der Waals surface area contributed by atoms with Gasteiger partial charge in [0.15, 0.2) is 0 Å². The SMILES string of the molecule is O=C(O)c1cccc2c1-c1cccc(C(=O)O)c1-2. The second-order valence-corrected chi connectivity index (χ2v) is 4.07. The molecule has 88 valence electrons. The van der Waals surface area contributed by atoms with Crippen LogP contribution in [0.2, 0.25) is 0 Å². The van der Waals surface area contributed by atoms with E-state index in [1.165, 1.54) is 12.1 Å². The highest BCUT2D eigenvalue weighted by Crippen LogP contribution is 2.50. The van der Waals surface area contributed by atoms with E-state index in [1.54, 1.807) is 24.3 Å². The minimum absolute atomic E-state index is 0.211. The third-order valence-electron chi connectivity index (χ3n) is 3.13. The summed E-state index contributed by atoms with van der Waals surface area (Å²) in [7, 11) is 0. The second-order valence-electron chi connectivity index (χ2n) is 4.07. The fraction of sp³-hybridized carbons (Fsp3) is 0. The number of rotatable bonds is 2. The minimum Gasteiger partial charge on any atom is -0.478 e. The predicted molar refractivity (Wildman–Crippen MR) is 64.8 cm³/mol. The Kier molecular flexibility index (Phi) is 2.01. The van der Waals surface area contributed by atoms with Gasteiger partial charge in [-0.1, -0.05) is 24.3 Å². The number of hydrogen-bond donors (Lipinski definition) is 2. The van der Waals surface area contributed by atoms with Crippen LogP contribution in [0.5, 0.6) is 0 Å². The summed E-state index contributed by atoms with van der Waals surface area (Å²) < 4.78 is 0. The van der Waals surface area contributed by atoms with E-state index in [9.17, 15) is 9.59 Å². The van der Waals surface area contributed by atoms with Gasteiger partial charge in [-0.25, -0.2) is 9.59 Å². The highest BCUT2D eigenvalue weighted by molar-refractivity contribution is 6.16. The molecule has 0 radical (unpaired) electrons. The predicted octanol–water partition coefficient (Wildman–Crippen LogP) is 2.73. The molecule has 0 atom stereocenters. The van der Waals surface area contributed by atoms with E-state index in [0.29, 0.717) is 22.3 Å². The van der Waals surface area contributed by atoms with Crippen molar-refractivity contribution in [3.05, 3.63) is 47.5 Å². The normalized spacial score (nSPS) is 11.1. The third kappa shape index (κ3) is 1.20. The molecular weight excluding hydrogens is 232 g/mol. The van der Waals surface area contributed by atoms with E-state index in [0.717, 1.165) is 0 Å². The molecule has 18 heavy (non-hydrogen) atoms. The molecule has 1 aliphatic rings. The Morgan fingerprint density at radius 3 is 1.44 bits per heavy atom. The van der Waals surface area contributed by atoms with E-state index >= 15 is 0 Å². The van der Waals surface area contributed by atoms with Crippen LogP contribution >= 0.6 is 0 Å². The van der Waals surface area contributed by atoms with Crippen molar-refractivity contribution in [1.82, 2.24) is 0 Å². The maximum atomic E-state index is 11.1. The van der Waals surface area contributed by atoms with Gasteiger partial charge in [0.05, 0.1) is 11.1 Å². The van der Waals surface area contributed by atoms with Gasteiger partial charge in [0.2, 0.25) is 0 Å². The van der Waals surface area contributed by atoms with E-state index < -0.39 is 11.9 Å². The van der Waals surface area contributed by atoms with Crippen molar-refractivity contribution >= 4 is 11.9 Å². The Balaban J connectivity index is 2.29. The third-order valence-corrected chi connectivity index (χ3v) is 3.13. The van der Waals surface area contributed by atoms with Crippen LogP contribution in [0, 0.1) is 0 Å². The quantitative estimate of drug-likeness (QED) is 0.722. The largest absolute Gasteiger partial charge is 0.478 e. The molecule has 0 unspecified atom stereocenters. The Morgan fingerprint density at radius 2 is 1.11 bits per heavy atom. The van der Waals surface area contributed by atoms with Crippen LogP contribution in [-0.2, 0) is 0 Å². The Hall–Kier alpha value is -2.62. The smallest absolute Gasteiger partial charge is 0.336 e. The monoisotopic (exact) mass is 240 g/mol. The van der Waals surface area contributed by atoms with Crippen LogP contribution in [0.15, 0.2) is 36.4 Å². The van der Waals surface area contributed by atoms with Crippen LogP contribution in [0.4, 0.5) is 0 Å². The Bertz CT molecular complexity index is 625. The summed E-state index contributed by atoms with van der Waals surface area (Å²) in [6.45, 7) is 0. The van der Waals surface area contributed by atoms with Crippen molar-refractivity contribution in [3.63, 3.8) is 0 Å². The number of carboxylic acids is 2. The maximum Gasteiger partial charge on any atom is 0.336 e. The summed E-state index contributed by atoms with van der Waals surface area (Å²) >= 11 is 0. The first-order valence-electron chi connectivity index (χ1n) is 5.34. The molecule has 1 aliphatic carbocycles. The van der Waals surface area contributed by atoms with Crippen LogP contribution in [0.1, 0.15) is 20.7 Å². The summed E-state index contributed by atoms with van der Waals surface area (Å²) in [5, 5.41) is 18.2. The highest BCUT2D eigenvalue weighted by atomic mass is 16.4. The summed E-state index contributed by atoms with van der Waals surface area (Å²) in [4.78, 5) is 22.2. The maximum absolute atomic E-state index is 11.1. The lowest BCUT2D eigenvalue weighted by molar-refractivity contribution is 0.0688. The molecule has 0 spiro atoms. The van der Waals surface area contributed by atoms with Gasteiger partial charge in [-0.15, -0.1) is 0 Å². The first-order valence-corrected chi connectivity index (χ1v) is 5.34. The van der Waals surface area contributed by atoms with Crippen molar-refractivity contribution in [3.8, 4) is 22.3 Å². The van der Waals surface area contributed by atoms with Gasteiger partial charge in [0.1, 0.15) is 0 Å². The fourth-order valence-electron chi connectivity index (χ4n) is 2.40. The second kappa shape index (κ2) is 3.43. The van der Waals surface area contributed by atoms with Gasteiger partial charge >= 0.3 is 11.9 Å². The summed E-state index contributed by atoms with van der Waals surface area (Å²) in [6, 6.07) is 9.80. The van der Waals surface area contributed by atoms with Crippen LogP contribution < -0.4 is 0 Å². The zero-order valence-corrected chi connectivity index (χ0v) is 9.18. The molecule has 0 bridgehead atoms. The standard InChI is InChI=1S/C14H8O4/c15-13(16)9-5-1-3-7-11(9)8-4-2-6-10(12(7)8)14(17)18/h1-6H,(H,15,16)(H,17,18). The summed E-state index contributed by atoms with van der Waals surface area (Å²) in [5.41, 5.74) is 3.07. The average molecular weight is 240 g/mol. The van der Waals surface area contributed by atoms with Crippen molar-refractivity contribution in [2.24, 2.45) is 0 Å². The molecule has 2 aromatic rings. The molecule has 3 rings (SSSR count). The van der Waals surface area contributed by atoms with Crippen molar-refractivity contribution in [2.75, 3.05) is 0 Å². The number of carboxylic acid groups (broad SMARTS) is 2. The molecule has 0 aromatic heterocycles. The molecule has 4 nitrogen and oxygen atoms in total. The molecule has 0 amide bonds. The van der Waals surface area contributed by atoms with Gasteiger partial charge in [0.25, 0.3) is 0 Å². The number of aromatic carboxylic acids is 2. The van der Waals surface area contributed by atoms with E-state index in [2.05, 4.69) is 0 Å². The Labute approximate surface area is 102 Å². The first kappa shape index (κ1) is 10.5. The van der Waals surface area contributed by atoms with Crippen LogP contribution in [0.25, 0.3) is 22.3 Å². The zero-order valence-electron chi connectivity index (χ0n) is 9.18. The van der Waals surface area contributed by atoms with Crippen molar-refractivity contribution in [2.45, 2.75) is 0 Å². The number of fused-ring (bicyclic) bond motifs is 4. The van der Waals surface area contributed by atoms with E-state index in [4.69, 9.17) is 10.2 Å². The minimum atomic E-state index is -1.00. The number of carbonyl (C=O) groups is 2. The van der Waals surface area contributed by atoms with Crippen LogP contribution in [0.3, 0.4) is 0 Å². The number of hydrogen-bond acceptors (Lipinski definition) is 2. The molecule has 2 N–H and O–H groups in total. The fourth-order valence-corrected chi connectivity index (χ4v) is 2.40. The molecule has 2 aromatic carbocycles. The van der Waals surface area contributed by atoms with Gasteiger partial charge in [-0.05, 0) is 23.3 Å². The molecular formula is C14H8O4. The number of benzene rings is 2. The lowest BCUT2D eigenvalue weighted by Gasteiger charge is -2.26. The molecule has 0 saturated carbocycles. The molecule has 0 aliphatic heterocycles. The lowest BCUT2D eigenvalue weighted by atomic mass is 9.75. The van der Waals surface area contributed by atoms with Crippen molar-refractivity contribution in [1.29, 1.82) is 0 Å². The average Bonchev–Trinajstić information content (AvgIpc) is 2.33. The first-order chi connectivity index (χ1) is 8.61. The van der Waals surface area contributed by atoms with Crippen molar-refractivity contribution < 1.29 is 19.8 Å².